The van der Waals surface area contributed by atoms with Crippen molar-refractivity contribution in [1.82, 2.24) is 4.98 Å². The number of rotatable bonds is 1. The highest BCUT2D eigenvalue weighted by molar-refractivity contribution is 5.29. The molecule has 11 heavy (non-hydrogen) atoms. The smallest absolute Gasteiger partial charge is 0.216 e. The number of hydrogen-bond donors (Lipinski definition) is 0. The fraction of sp³-hybridized carbons (Fsp3) is 0.444. The molecule has 0 aliphatic heterocycles. The van der Waals surface area contributed by atoms with Crippen LogP contribution in [0, 0.1) is 12.9 Å². The van der Waals surface area contributed by atoms with Crippen LogP contribution in [0.2, 0.25) is 0 Å². The summed E-state index contributed by atoms with van der Waals surface area (Å²) in [6, 6.07) is 1.93. The molecule has 0 spiro atoms. The van der Waals surface area contributed by atoms with E-state index in [9.17, 15) is 4.39 Å². The van der Waals surface area contributed by atoms with Crippen LogP contribution in [-0.4, -0.2) is 4.98 Å². The summed E-state index contributed by atoms with van der Waals surface area (Å²) in [6.45, 7) is 1.80. The summed E-state index contributed by atoms with van der Waals surface area (Å²) in [5.74, 6) is 0.307. The SMILES string of the molecule is Cc1c(C2CC2)ccnc1F. The first kappa shape index (κ1) is 6.77. The van der Waals surface area contributed by atoms with E-state index in [1.165, 1.54) is 12.8 Å². The minimum Gasteiger partial charge on any atom is -0.228 e. The van der Waals surface area contributed by atoms with Gasteiger partial charge >= 0.3 is 0 Å². The zero-order valence-corrected chi connectivity index (χ0v) is 6.47. The Morgan fingerprint density at radius 1 is 1.55 bits per heavy atom. The van der Waals surface area contributed by atoms with Gasteiger partial charge in [0, 0.05) is 11.8 Å². The Kier molecular flexibility index (Phi) is 1.41. The molecule has 58 valence electrons. The summed E-state index contributed by atoms with van der Waals surface area (Å²) in [4.78, 5) is 3.58. The second-order valence-electron chi connectivity index (χ2n) is 3.09. The van der Waals surface area contributed by atoms with Crippen molar-refractivity contribution in [3.05, 3.63) is 29.3 Å². The van der Waals surface area contributed by atoms with Crippen molar-refractivity contribution >= 4 is 0 Å². The third-order valence-corrected chi connectivity index (χ3v) is 2.20. The first-order valence-corrected chi connectivity index (χ1v) is 3.90. The van der Waals surface area contributed by atoms with Gasteiger partial charge in [-0.2, -0.15) is 4.39 Å². The largest absolute Gasteiger partial charge is 0.228 e. The van der Waals surface area contributed by atoms with Crippen LogP contribution in [0.5, 0.6) is 0 Å². The molecule has 1 saturated carbocycles. The molecule has 0 unspecified atom stereocenters. The lowest BCUT2D eigenvalue weighted by molar-refractivity contribution is 0.571. The first-order chi connectivity index (χ1) is 5.29. The van der Waals surface area contributed by atoms with Gasteiger partial charge in [0.1, 0.15) is 0 Å². The van der Waals surface area contributed by atoms with Crippen LogP contribution >= 0.6 is 0 Å². The second kappa shape index (κ2) is 2.29. The predicted octanol–water partition coefficient (Wildman–Crippen LogP) is 2.41. The van der Waals surface area contributed by atoms with E-state index in [0.29, 0.717) is 5.92 Å². The topological polar surface area (TPSA) is 12.9 Å². The van der Waals surface area contributed by atoms with Crippen molar-refractivity contribution in [1.29, 1.82) is 0 Å². The monoisotopic (exact) mass is 151 g/mol. The van der Waals surface area contributed by atoms with Crippen molar-refractivity contribution in [2.75, 3.05) is 0 Å². The van der Waals surface area contributed by atoms with Gasteiger partial charge in [-0.15, -0.1) is 0 Å². The van der Waals surface area contributed by atoms with Gasteiger partial charge in [-0.3, -0.25) is 0 Å². The van der Waals surface area contributed by atoms with E-state index in [0.717, 1.165) is 11.1 Å². The first-order valence-electron chi connectivity index (χ1n) is 3.90. The lowest BCUT2D eigenvalue weighted by Gasteiger charge is -2.02. The molecule has 0 N–H and O–H groups in total. The molecular formula is C9H10FN. The van der Waals surface area contributed by atoms with Gasteiger partial charge in [-0.25, -0.2) is 4.98 Å². The maximum Gasteiger partial charge on any atom is 0.216 e. The van der Waals surface area contributed by atoms with Crippen LogP contribution in [0.3, 0.4) is 0 Å². The molecule has 2 heteroatoms. The Bertz CT molecular complexity index is 279. The Balaban J connectivity index is 2.45. The lowest BCUT2D eigenvalue weighted by atomic mass is 10.1. The van der Waals surface area contributed by atoms with Gasteiger partial charge < -0.3 is 0 Å². The molecule has 0 bridgehead atoms. The third kappa shape index (κ3) is 1.13. The fourth-order valence-electron chi connectivity index (χ4n) is 1.36. The minimum atomic E-state index is -0.311. The van der Waals surface area contributed by atoms with E-state index in [1.807, 2.05) is 6.07 Å². The summed E-state index contributed by atoms with van der Waals surface area (Å²) in [7, 11) is 0. The van der Waals surface area contributed by atoms with Gasteiger partial charge in [0.05, 0.1) is 0 Å². The van der Waals surface area contributed by atoms with E-state index in [1.54, 1.807) is 13.1 Å². The number of aromatic nitrogens is 1. The van der Waals surface area contributed by atoms with Crippen molar-refractivity contribution in [3.8, 4) is 0 Å². The van der Waals surface area contributed by atoms with E-state index < -0.39 is 0 Å². The van der Waals surface area contributed by atoms with E-state index in [-0.39, 0.29) is 5.95 Å². The predicted molar refractivity (Wildman–Crippen MR) is 40.9 cm³/mol. The number of halogens is 1. The highest BCUT2D eigenvalue weighted by Crippen LogP contribution is 2.41. The average molecular weight is 151 g/mol. The molecule has 0 saturated heterocycles. The highest BCUT2D eigenvalue weighted by Gasteiger charge is 2.25. The van der Waals surface area contributed by atoms with Gasteiger partial charge in [0.25, 0.3) is 0 Å². The van der Waals surface area contributed by atoms with E-state index in [2.05, 4.69) is 4.98 Å². The maximum absolute atomic E-state index is 12.9. The summed E-state index contributed by atoms with van der Waals surface area (Å²) in [5, 5.41) is 0. The highest BCUT2D eigenvalue weighted by atomic mass is 19.1. The molecule has 1 aromatic rings. The van der Waals surface area contributed by atoms with Crippen molar-refractivity contribution in [2.24, 2.45) is 0 Å². The summed E-state index contributed by atoms with van der Waals surface area (Å²) < 4.78 is 12.9. The Labute approximate surface area is 65.3 Å². The average Bonchev–Trinajstić information content (AvgIpc) is 2.77. The van der Waals surface area contributed by atoms with Crippen molar-refractivity contribution < 1.29 is 4.39 Å². The van der Waals surface area contributed by atoms with Crippen LogP contribution in [0.25, 0.3) is 0 Å². The van der Waals surface area contributed by atoms with Gasteiger partial charge in [0.2, 0.25) is 5.95 Å². The zero-order chi connectivity index (χ0) is 7.84. The molecule has 0 amide bonds. The summed E-state index contributed by atoms with van der Waals surface area (Å²) >= 11 is 0. The molecule has 1 heterocycles. The normalized spacial score (nSPS) is 16.9. The summed E-state index contributed by atoms with van der Waals surface area (Å²) in [5.41, 5.74) is 1.88. The quantitative estimate of drug-likeness (QED) is 0.561. The molecular weight excluding hydrogens is 141 g/mol. The van der Waals surface area contributed by atoms with Crippen LogP contribution in [0.15, 0.2) is 12.3 Å². The molecule has 2 rings (SSSR count). The van der Waals surface area contributed by atoms with E-state index >= 15 is 0 Å². The second-order valence-corrected chi connectivity index (χ2v) is 3.09. The van der Waals surface area contributed by atoms with Crippen LogP contribution in [-0.2, 0) is 0 Å². The lowest BCUT2D eigenvalue weighted by Crippen LogP contribution is -1.92. The standard InChI is InChI=1S/C9H10FN/c1-6-8(7-2-3-7)4-5-11-9(6)10/h4-5,7H,2-3H2,1H3. The Morgan fingerprint density at radius 3 is 2.91 bits per heavy atom. The minimum absolute atomic E-state index is 0.311. The molecule has 1 nitrogen and oxygen atoms in total. The van der Waals surface area contributed by atoms with Gasteiger partial charge in [-0.05, 0) is 37.3 Å². The molecule has 1 fully saturated rings. The Hall–Kier alpha value is -0.920. The maximum atomic E-state index is 12.9. The van der Waals surface area contributed by atoms with Crippen LogP contribution in [0.1, 0.15) is 29.9 Å². The molecule has 0 aromatic carbocycles. The Morgan fingerprint density at radius 2 is 2.27 bits per heavy atom. The molecule has 1 aliphatic carbocycles. The van der Waals surface area contributed by atoms with Crippen molar-refractivity contribution in [3.63, 3.8) is 0 Å². The molecule has 1 aliphatic rings. The number of pyridine rings is 1. The van der Waals surface area contributed by atoms with Crippen molar-refractivity contribution in [2.45, 2.75) is 25.7 Å². The number of nitrogens with zero attached hydrogens (tertiary/aromatic N) is 1. The molecule has 1 aromatic heterocycles. The third-order valence-electron chi connectivity index (χ3n) is 2.20. The number of hydrogen-bond acceptors (Lipinski definition) is 1. The molecule has 0 radical (unpaired) electrons. The van der Waals surface area contributed by atoms with Gasteiger partial charge in [0.15, 0.2) is 0 Å². The zero-order valence-electron chi connectivity index (χ0n) is 6.47. The van der Waals surface area contributed by atoms with Crippen LogP contribution < -0.4 is 0 Å². The fourth-order valence-corrected chi connectivity index (χ4v) is 1.36. The van der Waals surface area contributed by atoms with E-state index in [4.69, 9.17) is 0 Å². The molecule has 0 atom stereocenters. The van der Waals surface area contributed by atoms with Crippen LogP contribution in [0.4, 0.5) is 4.39 Å². The summed E-state index contributed by atoms with van der Waals surface area (Å²) in [6.07, 6.45) is 3.98. The van der Waals surface area contributed by atoms with Gasteiger partial charge in [-0.1, -0.05) is 0 Å².